The Kier molecular flexibility index (Phi) is 4.19. The minimum atomic E-state index is -0.763. The summed E-state index contributed by atoms with van der Waals surface area (Å²) in [5.41, 5.74) is 0.369. The smallest absolute Gasteiger partial charge is 0.283 e. The van der Waals surface area contributed by atoms with Crippen LogP contribution in [0.2, 0.25) is 0 Å². The first kappa shape index (κ1) is 15.7. The highest BCUT2D eigenvalue weighted by molar-refractivity contribution is 9.10. The summed E-state index contributed by atoms with van der Waals surface area (Å²) in [7, 11) is 0. The molecule has 0 radical (unpaired) electrons. The molecule has 7 heteroatoms. The Bertz CT molecular complexity index is 836. The van der Waals surface area contributed by atoms with Crippen LogP contribution in [0.4, 0.5) is 15.8 Å². The molecule has 3 rings (SSSR count). The Morgan fingerprint density at radius 3 is 2.30 bits per heavy atom. The molecule has 0 aliphatic carbocycles. The van der Waals surface area contributed by atoms with E-state index in [1.54, 1.807) is 24.3 Å². The second-order valence-corrected chi connectivity index (χ2v) is 6.01. The number of hydrogen-bond acceptors (Lipinski definition) is 3. The average molecular weight is 396 g/mol. The molecule has 2 amide bonds. The number of anilines is 2. The molecular formula is C16H9BrClFN2O2. The molecule has 0 saturated heterocycles. The summed E-state index contributed by atoms with van der Waals surface area (Å²) in [5.74, 6) is -2.14. The monoisotopic (exact) mass is 394 g/mol. The van der Waals surface area contributed by atoms with Crippen molar-refractivity contribution in [3.05, 3.63) is 69.6 Å². The average Bonchev–Trinajstić information content (AvgIpc) is 2.74. The fourth-order valence-electron chi connectivity index (χ4n) is 2.14. The summed E-state index contributed by atoms with van der Waals surface area (Å²) < 4.78 is 14.7. The predicted octanol–water partition coefficient (Wildman–Crippen LogP) is 4.02. The van der Waals surface area contributed by atoms with Gasteiger partial charge in [0.15, 0.2) is 0 Å². The van der Waals surface area contributed by atoms with Crippen LogP contribution < -0.4 is 10.2 Å². The summed E-state index contributed by atoms with van der Waals surface area (Å²) in [4.78, 5) is 25.4. The van der Waals surface area contributed by atoms with Gasteiger partial charge in [-0.25, -0.2) is 9.29 Å². The van der Waals surface area contributed by atoms with Crippen molar-refractivity contribution >= 4 is 50.7 Å². The van der Waals surface area contributed by atoms with Crippen LogP contribution in [0.25, 0.3) is 0 Å². The number of nitrogens with zero attached hydrogens (tertiary/aromatic N) is 1. The van der Waals surface area contributed by atoms with Crippen molar-refractivity contribution in [1.29, 1.82) is 0 Å². The van der Waals surface area contributed by atoms with Gasteiger partial charge in [0.05, 0.1) is 5.69 Å². The third-order valence-electron chi connectivity index (χ3n) is 3.23. The van der Waals surface area contributed by atoms with E-state index < -0.39 is 17.6 Å². The van der Waals surface area contributed by atoms with Gasteiger partial charge in [0, 0.05) is 10.2 Å². The molecule has 2 aromatic rings. The minimum Gasteiger partial charge on any atom is -0.350 e. The summed E-state index contributed by atoms with van der Waals surface area (Å²) >= 11 is 9.28. The number of benzene rings is 2. The zero-order valence-corrected chi connectivity index (χ0v) is 13.9. The summed E-state index contributed by atoms with van der Waals surface area (Å²) in [6.07, 6.45) is 0. The normalized spacial score (nSPS) is 14.7. The Hall–Kier alpha value is -2.18. The molecule has 1 N–H and O–H groups in total. The molecule has 1 heterocycles. The maximum atomic E-state index is 13.9. The third-order valence-corrected chi connectivity index (χ3v) is 4.11. The lowest BCUT2D eigenvalue weighted by atomic mass is 10.2. The highest BCUT2D eigenvalue weighted by Gasteiger charge is 2.39. The van der Waals surface area contributed by atoms with Crippen LogP contribution in [-0.4, -0.2) is 11.8 Å². The fourth-order valence-corrected chi connectivity index (χ4v) is 2.62. The van der Waals surface area contributed by atoms with E-state index in [9.17, 15) is 14.0 Å². The Balaban J connectivity index is 1.93. The van der Waals surface area contributed by atoms with Crippen LogP contribution in [0.1, 0.15) is 0 Å². The Morgan fingerprint density at radius 1 is 1.00 bits per heavy atom. The summed E-state index contributed by atoms with van der Waals surface area (Å²) in [6, 6.07) is 12.5. The number of amides is 2. The van der Waals surface area contributed by atoms with Crippen molar-refractivity contribution in [1.82, 2.24) is 0 Å². The van der Waals surface area contributed by atoms with Gasteiger partial charge in [0.1, 0.15) is 16.5 Å². The van der Waals surface area contributed by atoms with E-state index in [1.807, 2.05) is 0 Å². The SMILES string of the molecule is O=C1C(Cl)=C(Nc2ccc(Br)cc2)C(=O)N1c1ccccc1F. The number of rotatable bonds is 3. The molecule has 0 saturated carbocycles. The van der Waals surface area contributed by atoms with Crippen molar-refractivity contribution in [2.75, 3.05) is 10.2 Å². The van der Waals surface area contributed by atoms with Gasteiger partial charge >= 0.3 is 0 Å². The number of hydrogen-bond donors (Lipinski definition) is 1. The van der Waals surface area contributed by atoms with Crippen LogP contribution in [0.5, 0.6) is 0 Å². The molecule has 2 aromatic carbocycles. The van der Waals surface area contributed by atoms with Crippen molar-refractivity contribution in [2.24, 2.45) is 0 Å². The van der Waals surface area contributed by atoms with Crippen LogP contribution in [0.3, 0.4) is 0 Å². The lowest BCUT2D eigenvalue weighted by molar-refractivity contribution is -0.120. The zero-order chi connectivity index (χ0) is 16.6. The minimum absolute atomic E-state index is 0.0813. The lowest BCUT2D eigenvalue weighted by Crippen LogP contribution is -2.33. The van der Waals surface area contributed by atoms with Crippen LogP contribution in [0, 0.1) is 5.82 Å². The lowest BCUT2D eigenvalue weighted by Gasteiger charge is -2.15. The maximum Gasteiger partial charge on any atom is 0.283 e. The molecule has 116 valence electrons. The Morgan fingerprint density at radius 2 is 1.65 bits per heavy atom. The van der Waals surface area contributed by atoms with Crippen LogP contribution >= 0.6 is 27.5 Å². The van der Waals surface area contributed by atoms with Crippen molar-refractivity contribution in [3.63, 3.8) is 0 Å². The van der Waals surface area contributed by atoms with Gasteiger partial charge in [0.25, 0.3) is 11.8 Å². The van der Waals surface area contributed by atoms with Gasteiger partial charge in [-0.1, -0.05) is 39.7 Å². The van der Waals surface area contributed by atoms with Gasteiger partial charge in [0.2, 0.25) is 0 Å². The Labute approximate surface area is 144 Å². The van der Waals surface area contributed by atoms with Gasteiger partial charge in [-0.05, 0) is 36.4 Å². The number of imide groups is 1. The third kappa shape index (κ3) is 2.87. The standard InChI is InChI=1S/C16H9BrClFN2O2/c17-9-5-7-10(8-6-9)20-14-13(18)15(22)21(16(14)23)12-4-2-1-3-11(12)19/h1-8,20H. The van der Waals surface area contributed by atoms with E-state index in [4.69, 9.17) is 11.6 Å². The molecule has 0 atom stereocenters. The zero-order valence-electron chi connectivity index (χ0n) is 11.5. The number of nitrogens with one attached hydrogen (secondary N) is 1. The van der Waals surface area contributed by atoms with Crippen molar-refractivity contribution in [2.45, 2.75) is 0 Å². The molecule has 0 aromatic heterocycles. The second-order valence-electron chi connectivity index (χ2n) is 4.72. The first-order valence-corrected chi connectivity index (χ1v) is 7.72. The topological polar surface area (TPSA) is 49.4 Å². The van der Waals surface area contributed by atoms with Crippen LogP contribution in [0.15, 0.2) is 63.7 Å². The molecule has 1 aliphatic rings. The van der Waals surface area contributed by atoms with E-state index in [2.05, 4.69) is 21.2 Å². The molecule has 0 fully saturated rings. The molecule has 23 heavy (non-hydrogen) atoms. The largest absolute Gasteiger partial charge is 0.350 e. The van der Waals surface area contributed by atoms with Gasteiger partial charge < -0.3 is 5.32 Å². The van der Waals surface area contributed by atoms with E-state index >= 15 is 0 Å². The molecule has 0 unspecified atom stereocenters. The number of carbonyl (C=O) groups is 2. The van der Waals surface area contributed by atoms with Gasteiger partial charge in [-0.3, -0.25) is 9.59 Å². The highest BCUT2D eigenvalue weighted by Crippen LogP contribution is 2.31. The molecule has 0 bridgehead atoms. The molecule has 4 nitrogen and oxygen atoms in total. The van der Waals surface area contributed by atoms with Crippen molar-refractivity contribution < 1.29 is 14.0 Å². The van der Waals surface area contributed by atoms with Gasteiger partial charge in [-0.2, -0.15) is 0 Å². The van der Waals surface area contributed by atoms with Crippen LogP contribution in [-0.2, 0) is 9.59 Å². The van der Waals surface area contributed by atoms with E-state index in [-0.39, 0.29) is 16.4 Å². The second kappa shape index (κ2) is 6.14. The summed E-state index contributed by atoms with van der Waals surface area (Å²) in [6.45, 7) is 0. The maximum absolute atomic E-state index is 13.9. The quantitative estimate of drug-likeness (QED) is 0.799. The summed E-state index contributed by atoms with van der Waals surface area (Å²) in [5, 5.41) is 2.53. The fraction of sp³-hybridized carbons (Fsp3) is 0. The highest BCUT2D eigenvalue weighted by atomic mass is 79.9. The number of halogens is 3. The first-order chi connectivity index (χ1) is 11.0. The number of carbonyl (C=O) groups excluding carboxylic acids is 2. The molecular weight excluding hydrogens is 387 g/mol. The van der Waals surface area contributed by atoms with Gasteiger partial charge in [-0.15, -0.1) is 0 Å². The predicted molar refractivity (Wildman–Crippen MR) is 89.5 cm³/mol. The van der Waals surface area contributed by atoms with Crippen molar-refractivity contribution in [3.8, 4) is 0 Å². The van der Waals surface area contributed by atoms with E-state index in [1.165, 1.54) is 24.3 Å². The van der Waals surface area contributed by atoms with E-state index in [0.29, 0.717) is 5.69 Å². The first-order valence-electron chi connectivity index (χ1n) is 6.54. The van der Waals surface area contributed by atoms with E-state index in [0.717, 1.165) is 9.37 Å². The number of para-hydroxylation sites is 1. The molecule has 0 spiro atoms. The molecule has 1 aliphatic heterocycles.